The molecule has 0 saturated carbocycles. The van der Waals surface area contributed by atoms with Crippen LogP contribution in [0, 0.1) is 0 Å². The first-order valence-electron chi connectivity index (χ1n) is 21.2. The number of fused-ring (bicyclic) bond motifs is 10. The van der Waals surface area contributed by atoms with Gasteiger partial charge in [-0.15, -0.1) is 0 Å². The van der Waals surface area contributed by atoms with E-state index in [4.69, 9.17) is 9.97 Å². The van der Waals surface area contributed by atoms with Crippen LogP contribution in [0.2, 0.25) is 0 Å². The second-order valence-corrected chi connectivity index (χ2v) is 16.1. The van der Waals surface area contributed by atoms with Gasteiger partial charge in [0, 0.05) is 54.8 Å². The largest absolute Gasteiger partial charge is 0.309 e. The van der Waals surface area contributed by atoms with E-state index in [0.717, 1.165) is 60.9 Å². The molecular weight excluding hydrogens is 753 g/mol. The minimum Gasteiger partial charge on any atom is -0.309 e. The molecule has 0 spiro atoms. The van der Waals surface area contributed by atoms with Gasteiger partial charge in [0.25, 0.3) is 0 Å². The molecule has 0 aliphatic heterocycles. The highest BCUT2D eigenvalue weighted by atomic mass is 15.0. The monoisotopic (exact) mass is 788 g/mol. The van der Waals surface area contributed by atoms with Crippen molar-refractivity contribution in [2.24, 2.45) is 0 Å². The Kier molecular flexibility index (Phi) is 7.57. The highest BCUT2D eigenvalue weighted by molar-refractivity contribution is 6.18. The molecule has 288 valence electrons. The number of hydrogen-bond donors (Lipinski definition) is 0. The third-order valence-corrected chi connectivity index (χ3v) is 12.7. The molecule has 10 aromatic carbocycles. The number of aromatic nitrogens is 4. The Hall–Kier alpha value is -8.34. The second kappa shape index (κ2) is 13.6. The second-order valence-electron chi connectivity index (χ2n) is 16.1. The first kappa shape index (κ1) is 34.5. The van der Waals surface area contributed by atoms with E-state index < -0.39 is 0 Å². The summed E-state index contributed by atoms with van der Waals surface area (Å²) in [5.41, 5.74) is 13.3. The van der Waals surface area contributed by atoms with E-state index in [1.807, 2.05) is 0 Å². The quantitative estimate of drug-likeness (QED) is 0.163. The summed E-state index contributed by atoms with van der Waals surface area (Å²) in [6.07, 6.45) is 0. The Morgan fingerprint density at radius 3 is 1.76 bits per heavy atom. The molecule has 0 aliphatic rings. The van der Waals surface area contributed by atoms with Crippen molar-refractivity contribution < 1.29 is 0 Å². The van der Waals surface area contributed by atoms with Crippen molar-refractivity contribution >= 4 is 76.1 Å². The first-order valence-corrected chi connectivity index (χ1v) is 21.2. The lowest BCUT2D eigenvalue weighted by Crippen LogP contribution is -1.98. The number of nitrogens with zero attached hydrogens (tertiary/aromatic N) is 4. The normalized spacial score (nSPS) is 11.9. The molecule has 4 heteroatoms. The summed E-state index contributed by atoms with van der Waals surface area (Å²) in [6, 6.07) is 78.5. The van der Waals surface area contributed by atoms with E-state index >= 15 is 0 Å². The van der Waals surface area contributed by atoms with Crippen molar-refractivity contribution in [2.75, 3.05) is 0 Å². The van der Waals surface area contributed by atoms with Gasteiger partial charge >= 0.3 is 0 Å². The molecule has 0 bridgehead atoms. The summed E-state index contributed by atoms with van der Waals surface area (Å²) < 4.78 is 4.78. The van der Waals surface area contributed by atoms with Crippen LogP contribution < -0.4 is 0 Å². The zero-order valence-corrected chi connectivity index (χ0v) is 33.6. The molecule has 3 aromatic heterocycles. The average Bonchev–Trinajstić information content (AvgIpc) is 3.86. The van der Waals surface area contributed by atoms with E-state index in [2.05, 4.69) is 228 Å². The molecule has 0 amide bonds. The van der Waals surface area contributed by atoms with Gasteiger partial charge in [-0.3, -0.25) is 0 Å². The Balaban J connectivity index is 1.00. The molecule has 0 saturated heterocycles. The highest BCUT2D eigenvalue weighted by Crippen LogP contribution is 2.42. The molecule has 0 aliphatic carbocycles. The summed E-state index contributed by atoms with van der Waals surface area (Å²) in [5.74, 6) is 0.699. The van der Waals surface area contributed by atoms with Crippen LogP contribution in [0.1, 0.15) is 0 Å². The van der Waals surface area contributed by atoms with Gasteiger partial charge < -0.3 is 9.13 Å². The number of rotatable bonds is 5. The Morgan fingerprint density at radius 2 is 0.903 bits per heavy atom. The molecule has 0 unspecified atom stereocenters. The molecule has 0 radical (unpaired) electrons. The maximum absolute atomic E-state index is 5.44. The van der Waals surface area contributed by atoms with Gasteiger partial charge in [0.2, 0.25) is 0 Å². The van der Waals surface area contributed by atoms with Gasteiger partial charge in [-0.1, -0.05) is 158 Å². The van der Waals surface area contributed by atoms with Crippen LogP contribution in [0.25, 0.3) is 121 Å². The average molecular weight is 789 g/mol. The lowest BCUT2D eigenvalue weighted by Gasteiger charge is -2.14. The lowest BCUT2D eigenvalue weighted by molar-refractivity contribution is 1.17. The van der Waals surface area contributed by atoms with Crippen LogP contribution in [0.15, 0.2) is 218 Å². The zero-order valence-electron chi connectivity index (χ0n) is 33.6. The fraction of sp³-hybridized carbons (Fsp3) is 0. The third kappa shape index (κ3) is 5.20. The van der Waals surface area contributed by atoms with E-state index in [0.29, 0.717) is 5.82 Å². The fourth-order valence-electron chi connectivity index (χ4n) is 9.95. The standard InChI is InChI=1S/C58H36N4/c1-2-19-41(20-3-1)61-52-29-11-9-25-48(52)55-44(26-14-30-54(55)61)39-32-34-53-50(36-39)46-24-8-10-28-51(46)62(53)42-21-12-18-40(35-42)58-59-56-45-23-7-5-16-38(45)31-33-49(56)57(60-58)47-27-13-17-37-15-4-6-22-43(37)47/h1-36H. The van der Waals surface area contributed by atoms with Crippen molar-refractivity contribution in [1.82, 2.24) is 19.1 Å². The molecule has 13 rings (SSSR count). The topological polar surface area (TPSA) is 35.6 Å². The van der Waals surface area contributed by atoms with E-state index in [1.54, 1.807) is 0 Å². The minimum absolute atomic E-state index is 0.699. The van der Waals surface area contributed by atoms with E-state index in [-0.39, 0.29) is 0 Å². The Bertz CT molecular complexity index is 3920. The molecule has 0 fully saturated rings. The number of benzene rings is 10. The van der Waals surface area contributed by atoms with Gasteiger partial charge in [-0.25, -0.2) is 9.97 Å². The maximum atomic E-state index is 5.44. The van der Waals surface area contributed by atoms with Crippen molar-refractivity contribution in [1.29, 1.82) is 0 Å². The van der Waals surface area contributed by atoms with Crippen LogP contribution in [-0.2, 0) is 0 Å². The summed E-state index contributed by atoms with van der Waals surface area (Å²) in [7, 11) is 0. The summed E-state index contributed by atoms with van der Waals surface area (Å²) in [6.45, 7) is 0. The van der Waals surface area contributed by atoms with Crippen LogP contribution in [0.3, 0.4) is 0 Å². The zero-order chi connectivity index (χ0) is 40.7. The van der Waals surface area contributed by atoms with Gasteiger partial charge in [-0.05, 0) is 87.9 Å². The van der Waals surface area contributed by atoms with Gasteiger partial charge in [0.15, 0.2) is 5.82 Å². The van der Waals surface area contributed by atoms with E-state index in [1.165, 1.54) is 54.5 Å². The molecule has 62 heavy (non-hydrogen) atoms. The Labute approximate surface area is 357 Å². The predicted molar refractivity (Wildman–Crippen MR) is 260 cm³/mol. The number of hydrogen-bond acceptors (Lipinski definition) is 2. The third-order valence-electron chi connectivity index (χ3n) is 12.7. The van der Waals surface area contributed by atoms with Crippen molar-refractivity contribution in [2.45, 2.75) is 0 Å². The highest BCUT2D eigenvalue weighted by Gasteiger charge is 2.20. The summed E-state index contributed by atoms with van der Waals surface area (Å²) in [4.78, 5) is 10.8. The molecule has 13 aromatic rings. The van der Waals surface area contributed by atoms with Crippen LogP contribution >= 0.6 is 0 Å². The maximum Gasteiger partial charge on any atom is 0.160 e. The lowest BCUT2D eigenvalue weighted by atomic mass is 9.97. The van der Waals surface area contributed by atoms with Gasteiger partial charge in [0.1, 0.15) is 0 Å². The Morgan fingerprint density at radius 1 is 0.306 bits per heavy atom. The number of para-hydroxylation sites is 3. The molecule has 3 heterocycles. The van der Waals surface area contributed by atoms with E-state index in [9.17, 15) is 0 Å². The van der Waals surface area contributed by atoms with Gasteiger partial charge in [0.05, 0.1) is 33.3 Å². The molecular formula is C58H36N4. The summed E-state index contributed by atoms with van der Waals surface area (Å²) in [5, 5.41) is 10.6. The van der Waals surface area contributed by atoms with Crippen LogP contribution in [-0.4, -0.2) is 19.1 Å². The van der Waals surface area contributed by atoms with Gasteiger partial charge in [-0.2, -0.15) is 0 Å². The summed E-state index contributed by atoms with van der Waals surface area (Å²) >= 11 is 0. The minimum atomic E-state index is 0.699. The molecule has 0 atom stereocenters. The molecule has 4 nitrogen and oxygen atoms in total. The van der Waals surface area contributed by atoms with Crippen LogP contribution in [0.5, 0.6) is 0 Å². The predicted octanol–water partition coefficient (Wildman–Crippen LogP) is 15.1. The van der Waals surface area contributed by atoms with Crippen LogP contribution in [0.4, 0.5) is 0 Å². The van der Waals surface area contributed by atoms with Crippen molar-refractivity contribution in [3.05, 3.63) is 218 Å². The SMILES string of the molecule is c1ccc(-n2c3ccccc3c3c(-c4ccc5c(c4)c4ccccc4n5-c4cccc(-c5nc(-c6cccc7ccccc67)c6ccc7ccccc7c6n5)c4)cccc32)cc1. The van der Waals surface area contributed by atoms with Crippen molar-refractivity contribution in [3.8, 4) is 45.1 Å². The van der Waals surface area contributed by atoms with Crippen molar-refractivity contribution in [3.63, 3.8) is 0 Å². The first-order chi connectivity index (χ1) is 30.8. The molecule has 0 N–H and O–H groups in total. The fourth-order valence-corrected chi connectivity index (χ4v) is 9.95. The smallest absolute Gasteiger partial charge is 0.160 e.